The van der Waals surface area contributed by atoms with Gasteiger partial charge in [0, 0.05) is 17.1 Å². The molecular formula is C22H22O8. The molecule has 2 aliphatic carbocycles. The summed E-state index contributed by atoms with van der Waals surface area (Å²) in [6, 6.07) is 1.94. The molecule has 1 saturated heterocycles. The smallest absolute Gasteiger partial charge is 0.283 e. The van der Waals surface area contributed by atoms with Crippen LogP contribution in [0.15, 0.2) is 29.2 Å². The van der Waals surface area contributed by atoms with Crippen molar-refractivity contribution in [3.8, 4) is 23.0 Å². The first kappa shape index (κ1) is 17.9. The molecule has 1 aromatic rings. The number of hydrogen-bond acceptors (Lipinski definition) is 8. The van der Waals surface area contributed by atoms with Gasteiger partial charge in [0.05, 0.1) is 20.1 Å². The minimum atomic E-state index is -1.29. The molecule has 0 radical (unpaired) electrons. The van der Waals surface area contributed by atoms with Crippen molar-refractivity contribution in [2.75, 3.05) is 27.8 Å². The fraction of sp³-hybridized carbons (Fsp3) is 0.500. The molecule has 0 aromatic heterocycles. The predicted octanol–water partition coefficient (Wildman–Crippen LogP) is 2.87. The zero-order valence-electron chi connectivity index (χ0n) is 17.1. The monoisotopic (exact) mass is 414 g/mol. The highest BCUT2D eigenvalue weighted by molar-refractivity contribution is 6.09. The van der Waals surface area contributed by atoms with Crippen LogP contribution in [0.5, 0.6) is 23.0 Å². The highest BCUT2D eigenvalue weighted by Gasteiger charge is 2.67. The van der Waals surface area contributed by atoms with Gasteiger partial charge in [-0.3, -0.25) is 9.53 Å². The maximum absolute atomic E-state index is 13.3. The van der Waals surface area contributed by atoms with E-state index in [1.807, 2.05) is 12.1 Å². The summed E-state index contributed by atoms with van der Waals surface area (Å²) >= 11 is 0. The number of ketones is 1. The van der Waals surface area contributed by atoms with Crippen LogP contribution in [-0.2, 0) is 19.0 Å². The van der Waals surface area contributed by atoms with Gasteiger partial charge in [0.15, 0.2) is 18.3 Å². The van der Waals surface area contributed by atoms with E-state index in [9.17, 15) is 4.79 Å². The molecule has 1 spiro atoms. The molecule has 0 unspecified atom stereocenters. The molecular weight excluding hydrogens is 392 g/mol. The van der Waals surface area contributed by atoms with Crippen LogP contribution < -0.4 is 18.9 Å². The number of ether oxygens (including phenoxy) is 7. The summed E-state index contributed by atoms with van der Waals surface area (Å²) in [5.74, 6) is 0.939. The van der Waals surface area contributed by atoms with Crippen molar-refractivity contribution in [3.05, 3.63) is 34.8 Å². The van der Waals surface area contributed by atoms with E-state index in [0.717, 1.165) is 5.56 Å². The van der Waals surface area contributed by atoms with Gasteiger partial charge in [-0.2, -0.15) is 0 Å². The van der Waals surface area contributed by atoms with E-state index in [1.54, 1.807) is 7.11 Å². The van der Waals surface area contributed by atoms with Crippen LogP contribution in [0.2, 0.25) is 0 Å². The lowest BCUT2D eigenvalue weighted by molar-refractivity contribution is -0.185. The summed E-state index contributed by atoms with van der Waals surface area (Å²) in [7, 11) is 3.02. The van der Waals surface area contributed by atoms with E-state index in [2.05, 4.69) is 13.8 Å². The van der Waals surface area contributed by atoms with E-state index < -0.39 is 5.79 Å². The minimum absolute atomic E-state index is 0.0297. The van der Waals surface area contributed by atoms with Gasteiger partial charge in [0.1, 0.15) is 0 Å². The van der Waals surface area contributed by atoms with Crippen molar-refractivity contribution in [3.63, 3.8) is 0 Å². The Hall–Kier alpha value is -2.87. The fourth-order valence-corrected chi connectivity index (χ4v) is 5.54. The summed E-state index contributed by atoms with van der Waals surface area (Å²) in [6.07, 6.45) is 2.02. The predicted molar refractivity (Wildman–Crippen MR) is 101 cm³/mol. The molecule has 0 bridgehead atoms. The van der Waals surface area contributed by atoms with Gasteiger partial charge in [-0.1, -0.05) is 19.9 Å². The molecule has 8 heteroatoms. The van der Waals surface area contributed by atoms with Crippen molar-refractivity contribution >= 4 is 5.78 Å². The number of allylic oxidation sites excluding steroid dienone is 2. The second-order valence-electron chi connectivity index (χ2n) is 8.27. The van der Waals surface area contributed by atoms with Gasteiger partial charge < -0.3 is 28.4 Å². The van der Waals surface area contributed by atoms with Crippen LogP contribution in [-0.4, -0.2) is 39.4 Å². The lowest BCUT2D eigenvalue weighted by atomic mass is 9.59. The van der Waals surface area contributed by atoms with Crippen molar-refractivity contribution < 1.29 is 38.0 Å². The number of hydrogen-bond donors (Lipinski definition) is 0. The van der Waals surface area contributed by atoms with E-state index in [1.165, 1.54) is 7.11 Å². The average molecular weight is 414 g/mol. The van der Waals surface area contributed by atoms with E-state index in [0.29, 0.717) is 28.6 Å². The summed E-state index contributed by atoms with van der Waals surface area (Å²) in [5, 5.41) is 0. The molecule has 1 fully saturated rings. The van der Waals surface area contributed by atoms with Gasteiger partial charge >= 0.3 is 0 Å². The lowest BCUT2D eigenvalue weighted by Crippen LogP contribution is -2.57. The zero-order chi connectivity index (χ0) is 20.8. The Kier molecular flexibility index (Phi) is 3.50. The van der Waals surface area contributed by atoms with Crippen LogP contribution in [0, 0.1) is 17.8 Å². The van der Waals surface area contributed by atoms with Crippen LogP contribution in [0.4, 0.5) is 0 Å². The summed E-state index contributed by atoms with van der Waals surface area (Å²) in [4.78, 5) is 13.3. The number of fused-ring (bicyclic) bond motifs is 3. The van der Waals surface area contributed by atoms with Gasteiger partial charge in [-0.05, 0) is 17.9 Å². The second-order valence-corrected chi connectivity index (χ2v) is 8.27. The summed E-state index contributed by atoms with van der Waals surface area (Å²) in [5.41, 5.74) is 1.55. The Morgan fingerprint density at radius 2 is 1.90 bits per heavy atom. The zero-order valence-corrected chi connectivity index (χ0v) is 17.1. The summed E-state index contributed by atoms with van der Waals surface area (Å²) in [6.45, 7) is 4.38. The van der Waals surface area contributed by atoms with Crippen LogP contribution in [0.3, 0.4) is 0 Å². The largest absolute Gasteiger partial charge is 0.490 e. The molecule has 1 aromatic carbocycles. The summed E-state index contributed by atoms with van der Waals surface area (Å²) < 4.78 is 40.9. The third-order valence-corrected chi connectivity index (χ3v) is 7.03. The first-order valence-electron chi connectivity index (χ1n) is 10.0. The van der Waals surface area contributed by atoms with Gasteiger partial charge in [-0.25, -0.2) is 0 Å². The maximum atomic E-state index is 13.3. The molecule has 30 heavy (non-hydrogen) atoms. The van der Waals surface area contributed by atoms with Gasteiger partial charge in [0.25, 0.3) is 5.79 Å². The molecule has 0 amide bonds. The Labute approximate surface area is 173 Å². The maximum Gasteiger partial charge on any atom is 0.283 e. The van der Waals surface area contributed by atoms with Crippen molar-refractivity contribution in [2.24, 2.45) is 17.8 Å². The topological polar surface area (TPSA) is 81.7 Å². The number of methoxy groups -OCH3 is 2. The highest BCUT2D eigenvalue weighted by Crippen LogP contribution is 2.65. The Morgan fingerprint density at radius 3 is 2.67 bits per heavy atom. The SMILES string of the molecule is COC1=C2OCO[C@@]23Oc2c(cc4c(c2OC)OCO4)[C@H]2[C@H](C)[C@@H](C)C=C(C1=O)[C@H]23. The lowest BCUT2D eigenvalue weighted by Gasteiger charge is -2.52. The third-order valence-electron chi connectivity index (χ3n) is 7.03. The first-order chi connectivity index (χ1) is 14.5. The molecule has 6 rings (SSSR count). The van der Waals surface area contributed by atoms with Gasteiger partial charge in [0.2, 0.25) is 35.6 Å². The van der Waals surface area contributed by atoms with Crippen LogP contribution in [0.25, 0.3) is 0 Å². The second kappa shape index (κ2) is 5.85. The van der Waals surface area contributed by atoms with E-state index in [4.69, 9.17) is 33.2 Å². The van der Waals surface area contributed by atoms with Crippen molar-refractivity contribution in [1.29, 1.82) is 0 Å². The average Bonchev–Trinajstić information content (AvgIpc) is 3.37. The highest BCUT2D eigenvalue weighted by atomic mass is 16.8. The van der Waals surface area contributed by atoms with Crippen molar-refractivity contribution in [2.45, 2.75) is 25.6 Å². The fourth-order valence-electron chi connectivity index (χ4n) is 5.54. The first-order valence-corrected chi connectivity index (χ1v) is 10.0. The Bertz CT molecular complexity index is 1040. The standard InChI is InChI=1S/C22H22O8/c1-9-5-12-15-14(10(9)2)11-6-13-18(27-7-26-13)20(25-4)17(11)30-22(15)21(28-8-29-22)19(24-3)16(12)23/h5-6,9-10,14-15H,7-8H2,1-4H3/t9-,10+,14+,15+,22-/m0/s1. The van der Waals surface area contributed by atoms with Crippen molar-refractivity contribution in [1.82, 2.24) is 0 Å². The molecule has 158 valence electrons. The number of rotatable bonds is 2. The molecule has 0 saturated carbocycles. The quantitative estimate of drug-likeness (QED) is 0.731. The molecule has 5 atom stereocenters. The van der Waals surface area contributed by atoms with Crippen LogP contribution >= 0.6 is 0 Å². The number of benzene rings is 1. The molecule has 5 aliphatic rings. The normalized spacial score (nSPS) is 34.9. The third kappa shape index (κ3) is 1.93. The molecule has 3 aliphatic heterocycles. The Balaban J connectivity index is 1.68. The Morgan fingerprint density at radius 1 is 1.07 bits per heavy atom. The molecule has 8 nitrogen and oxygen atoms in total. The number of Topliss-reactive ketones (excluding diaryl/α,β-unsaturated/α-hetero) is 1. The van der Waals surface area contributed by atoms with Gasteiger partial charge in [-0.15, -0.1) is 0 Å². The number of carbonyl (C=O) groups excluding carboxylic acids is 1. The molecule has 3 heterocycles. The van der Waals surface area contributed by atoms with E-state index in [-0.39, 0.29) is 54.6 Å². The number of carbonyl (C=O) groups is 1. The molecule has 0 N–H and O–H groups in total. The van der Waals surface area contributed by atoms with Crippen LogP contribution in [0.1, 0.15) is 25.3 Å². The minimum Gasteiger partial charge on any atom is -0.490 e. The van der Waals surface area contributed by atoms with E-state index >= 15 is 0 Å².